The summed E-state index contributed by atoms with van der Waals surface area (Å²) in [5, 5.41) is 3.36. The fourth-order valence-electron chi connectivity index (χ4n) is 3.10. The monoisotopic (exact) mass is 274 g/mol. The van der Waals surface area contributed by atoms with Crippen molar-refractivity contribution in [1.29, 1.82) is 0 Å². The summed E-state index contributed by atoms with van der Waals surface area (Å²) >= 11 is 0. The van der Waals surface area contributed by atoms with Crippen molar-refractivity contribution in [2.45, 2.75) is 13.0 Å². The molecule has 0 radical (unpaired) electrons. The third-order valence-corrected chi connectivity index (χ3v) is 4.12. The van der Waals surface area contributed by atoms with E-state index < -0.39 is 0 Å². The summed E-state index contributed by atoms with van der Waals surface area (Å²) in [4.78, 5) is 20.7. The standard InChI is InChI=1S/C15H22N4O/c20-15-8-14(10-18-6-4-16-5-7-18)12-19(15)11-13-2-1-3-17-9-13/h1-3,9,14,16H,4-8,10-12H2. The van der Waals surface area contributed by atoms with Gasteiger partial charge in [0.05, 0.1) is 0 Å². The number of piperazine rings is 1. The maximum Gasteiger partial charge on any atom is 0.223 e. The molecule has 2 fully saturated rings. The molecule has 1 amide bonds. The molecule has 0 aliphatic carbocycles. The van der Waals surface area contributed by atoms with E-state index in [9.17, 15) is 4.79 Å². The first kappa shape index (κ1) is 13.5. The highest BCUT2D eigenvalue weighted by molar-refractivity contribution is 5.78. The lowest BCUT2D eigenvalue weighted by molar-refractivity contribution is -0.128. The summed E-state index contributed by atoms with van der Waals surface area (Å²) in [6.45, 7) is 6.99. The second-order valence-electron chi connectivity index (χ2n) is 5.76. The minimum absolute atomic E-state index is 0.286. The number of pyridine rings is 1. The van der Waals surface area contributed by atoms with Crippen molar-refractivity contribution in [1.82, 2.24) is 20.1 Å². The van der Waals surface area contributed by atoms with Gasteiger partial charge in [0.25, 0.3) is 0 Å². The van der Waals surface area contributed by atoms with Gasteiger partial charge in [-0.25, -0.2) is 0 Å². The molecule has 0 saturated carbocycles. The Morgan fingerprint density at radius 1 is 1.35 bits per heavy atom. The van der Waals surface area contributed by atoms with E-state index in [-0.39, 0.29) is 5.91 Å². The van der Waals surface area contributed by atoms with Gasteiger partial charge < -0.3 is 15.1 Å². The minimum Gasteiger partial charge on any atom is -0.338 e. The molecular formula is C15H22N4O. The number of likely N-dealkylation sites (tertiary alicyclic amines) is 1. The van der Waals surface area contributed by atoms with Crippen LogP contribution in [-0.2, 0) is 11.3 Å². The molecule has 20 heavy (non-hydrogen) atoms. The number of carbonyl (C=O) groups is 1. The summed E-state index contributed by atoms with van der Waals surface area (Å²) in [6, 6.07) is 3.96. The number of carbonyl (C=O) groups excluding carboxylic acids is 1. The van der Waals surface area contributed by atoms with Crippen molar-refractivity contribution in [3.8, 4) is 0 Å². The summed E-state index contributed by atoms with van der Waals surface area (Å²) in [7, 11) is 0. The molecule has 1 aromatic heterocycles. The number of amides is 1. The number of rotatable bonds is 4. The van der Waals surface area contributed by atoms with Crippen molar-refractivity contribution in [2.24, 2.45) is 5.92 Å². The molecule has 0 spiro atoms. The molecule has 2 aliphatic rings. The van der Waals surface area contributed by atoms with Crippen LogP contribution in [0.2, 0.25) is 0 Å². The predicted molar refractivity (Wildman–Crippen MR) is 77.1 cm³/mol. The Kier molecular flexibility index (Phi) is 4.28. The van der Waals surface area contributed by atoms with Gasteiger partial charge in [0.1, 0.15) is 0 Å². The van der Waals surface area contributed by atoms with Gasteiger partial charge in [-0.2, -0.15) is 0 Å². The van der Waals surface area contributed by atoms with Gasteiger partial charge in [0.15, 0.2) is 0 Å². The van der Waals surface area contributed by atoms with Crippen molar-refractivity contribution in [3.63, 3.8) is 0 Å². The molecule has 1 N–H and O–H groups in total. The molecule has 1 aromatic rings. The van der Waals surface area contributed by atoms with Crippen LogP contribution in [0, 0.1) is 5.92 Å². The Bertz CT molecular complexity index is 444. The Balaban J connectivity index is 1.52. The SMILES string of the molecule is O=C1CC(CN2CCNCC2)CN1Cc1cccnc1. The molecule has 0 bridgehead atoms. The Hall–Kier alpha value is -1.46. The molecule has 2 aliphatic heterocycles. The topological polar surface area (TPSA) is 48.5 Å². The van der Waals surface area contributed by atoms with E-state index in [1.165, 1.54) is 0 Å². The van der Waals surface area contributed by atoms with E-state index in [2.05, 4.69) is 15.2 Å². The zero-order valence-electron chi connectivity index (χ0n) is 11.8. The Labute approximate surface area is 120 Å². The van der Waals surface area contributed by atoms with Crippen molar-refractivity contribution < 1.29 is 4.79 Å². The van der Waals surface area contributed by atoms with E-state index in [0.717, 1.165) is 44.8 Å². The van der Waals surface area contributed by atoms with Gasteiger partial charge in [-0.05, 0) is 17.5 Å². The van der Waals surface area contributed by atoms with Crippen LogP contribution in [0.1, 0.15) is 12.0 Å². The largest absolute Gasteiger partial charge is 0.338 e. The maximum atomic E-state index is 12.1. The molecule has 1 atom stereocenters. The fraction of sp³-hybridized carbons (Fsp3) is 0.600. The summed E-state index contributed by atoms with van der Waals surface area (Å²) in [5.41, 5.74) is 1.11. The normalized spacial score (nSPS) is 24.3. The van der Waals surface area contributed by atoms with Gasteiger partial charge in [0.2, 0.25) is 5.91 Å². The minimum atomic E-state index is 0.286. The first-order chi connectivity index (χ1) is 9.81. The van der Waals surface area contributed by atoms with Crippen molar-refractivity contribution in [3.05, 3.63) is 30.1 Å². The quantitative estimate of drug-likeness (QED) is 0.860. The molecule has 5 nitrogen and oxygen atoms in total. The smallest absolute Gasteiger partial charge is 0.223 e. The zero-order valence-corrected chi connectivity index (χ0v) is 11.8. The highest BCUT2D eigenvalue weighted by Crippen LogP contribution is 2.21. The molecule has 0 aromatic carbocycles. The number of hydrogen-bond donors (Lipinski definition) is 1. The Morgan fingerprint density at radius 2 is 2.20 bits per heavy atom. The predicted octanol–water partition coefficient (Wildman–Crippen LogP) is 0.335. The average Bonchev–Trinajstić information content (AvgIpc) is 2.81. The fourth-order valence-corrected chi connectivity index (χ4v) is 3.10. The molecule has 3 heterocycles. The lowest BCUT2D eigenvalue weighted by Gasteiger charge is -2.29. The summed E-state index contributed by atoms with van der Waals surface area (Å²) in [6.07, 6.45) is 4.31. The van der Waals surface area contributed by atoms with E-state index in [1.807, 2.05) is 23.2 Å². The summed E-state index contributed by atoms with van der Waals surface area (Å²) in [5.74, 6) is 0.770. The lowest BCUT2D eigenvalue weighted by Crippen LogP contribution is -2.45. The van der Waals surface area contributed by atoms with Gasteiger partial charge >= 0.3 is 0 Å². The van der Waals surface area contributed by atoms with Gasteiger partial charge in [-0.15, -0.1) is 0 Å². The average molecular weight is 274 g/mol. The van der Waals surface area contributed by atoms with E-state index in [0.29, 0.717) is 18.9 Å². The molecule has 5 heteroatoms. The van der Waals surface area contributed by atoms with Crippen LogP contribution in [0.3, 0.4) is 0 Å². The molecule has 1 unspecified atom stereocenters. The molecule has 2 saturated heterocycles. The molecule has 108 valence electrons. The van der Waals surface area contributed by atoms with Crippen LogP contribution in [0.5, 0.6) is 0 Å². The highest BCUT2D eigenvalue weighted by atomic mass is 16.2. The van der Waals surface area contributed by atoms with Crippen LogP contribution < -0.4 is 5.32 Å². The van der Waals surface area contributed by atoms with Crippen LogP contribution in [0.25, 0.3) is 0 Å². The van der Waals surface area contributed by atoms with Crippen LogP contribution >= 0.6 is 0 Å². The number of nitrogens with zero attached hydrogens (tertiary/aromatic N) is 3. The molecule has 3 rings (SSSR count). The lowest BCUT2D eigenvalue weighted by atomic mass is 10.1. The van der Waals surface area contributed by atoms with Crippen molar-refractivity contribution in [2.75, 3.05) is 39.3 Å². The van der Waals surface area contributed by atoms with E-state index in [1.54, 1.807) is 6.20 Å². The van der Waals surface area contributed by atoms with Gasteiger partial charge in [-0.3, -0.25) is 9.78 Å². The summed E-state index contributed by atoms with van der Waals surface area (Å²) < 4.78 is 0. The van der Waals surface area contributed by atoms with Crippen LogP contribution in [-0.4, -0.2) is 60.0 Å². The first-order valence-electron chi connectivity index (χ1n) is 7.41. The third kappa shape index (κ3) is 3.35. The Morgan fingerprint density at radius 3 is 2.95 bits per heavy atom. The van der Waals surface area contributed by atoms with Crippen LogP contribution in [0.15, 0.2) is 24.5 Å². The second-order valence-corrected chi connectivity index (χ2v) is 5.76. The molecular weight excluding hydrogens is 252 g/mol. The number of nitrogens with one attached hydrogen (secondary N) is 1. The zero-order chi connectivity index (χ0) is 13.8. The van der Waals surface area contributed by atoms with Gasteiger partial charge in [0, 0.05) is 64.6 Å². The van der Waals surface area contributed by atoms with E-state index >= 15 is 0 Å². The second kappa shape index (κ2) is 6.33. The third-order valence-electron chi connectivity index (χ3n) is 4.12. The van der Waals surface area contributed by atoms with Gasteiger partial charge in [-0.1, -0.05) is 6.07 Å². The van der Waals surface area contributed by atoms with E-state index in [4.69, 9.17) is 0 Å². The van der Waals surface area contributed by atoms with Crippen LogP contribution in [0.4, 0.5) is 0 Å². The maximum absolute atomic E-state index is 12.1. The number of hydrogen-bond acceptors (Lipinski definition) is 4. The first-order valence-corrected chi connectivity index (χ1v) is 7.41. The van der Waals surface area contributed by atoms with Crippen molar-refractivity contribution >= 4 is 5.91 Å². The number of aromatic nitrogens is 1. The highest BCUT2D eigenvalue weighted by Gasteiger charge is 2.30.